The molecule has 7 nitrogen and oxygen atoms in total. The van der Waals surface area contributed by atoms with Crippen molar-refractivity contribution in [2.24, 2.45) is 0 Å². The van der Waals surface area contributed by atoms with Crippen LogP contribution in [0.25, 0.3) is 28.0 Å². The van der Waals surface area contributed by atoms with Crippen LogP contribution in [0.3, 0.4) is 0 Å². The highest BCUT2D eigenvalue weighted by molar-refractivity contribution is 5.90. The van der Waals surface area contributed by atoms with Crippen molar-refractivity contribution in [3.8, 4) is 17.1 Å². The Bertz CT molecular complexity index is 1370. The monoisotopic (exact) mass is 445 g/mol. The summed E-state index contributed by atoms with van der Waals surface area (Å²) in [5, 5.41) is 0.854. The molecule has 0 atom stereocenters. The molecular formula is C26H27N3O4. The molecule has 4 rings (SSSR count). The van der Waals surface area contributed by atoms with Crippen LogP contribution in [0.2, 0.25) is 0 Å². The Balaban J connectivity index is 1.86. The Morgan fingerprint density at radius 1 is 0.970 bits per heavy atom. The SMILES string of the molecule is CCCCOC(=O)c1ccc(-n2c3nc(=O)n(CCCC)c(=O)c-3cc3ccccc32)cc1. The lowest BCUT2D eigenvalue weighted by atomic mass is 10.1. The van der Waals surface area contributed by atoms with Gasteiger partial charge in [0, 0.05) is 12.2 Å². The number of hydrogen-bond donors (Lipinski definition) is 0. The van der Waals surface area contributed by atoms with Crippen LogP contribution in [-0.2, 0) is 11.3 Å². The first kappa shape index (κ1) is 22.5. The van der Waals surface area contributed by atoms with Gasteiger partial charge >= 0.3 is 11.7 Å². The molecule has 0 fully saturated rings. The maximum absolute atomic E-state index is 13.2. The van der Waals surface area contributed by atoms with Crippen LogP contribution in [0.1, 0.15) is 49.9 Å². The maximum Gasteiger partial charge on any atom is 0.352 e. The summed E-state index contributed by atoms with van der Waals surface area (Å²) < 4.78 is 8.29. The summed E-state index contributed by atoms with van der Waals surface area (Å²) in [5.41, 5.74) is 1.43. The molecule has 0 bridgehead atoms. The van der Waals surface area contributed by atoms with E-state index in [2.05, 4.69) is 4.98 Å². The van der Waals surface area contributed by atoms with E-state index in [0.717, 1.165) is 36.6 Å². The highest BCUT2D eigenvalue weighted by Crippen LogP contribution is 2.28. The van der Waals surface area contributed by atoms with Gasteiger partial charge in [0.1, 0.15) is 0 Å². The Kier molecular flexibility index (Phi) is 6.68. The normalized spacial score (nSPS) is 11.2. The molecule has 2 heterocycles. The van der Waals surface area contributed by atoms with Gasteiger partial charge < -0.3 is 4.74 Å². The molecule has 2 aromatic rings. The van der Waals surface area contributed by atoms with Gasteiger partial charge in [0.2, 0.25) is 0 Å². The third-order valence-corrected chi connectivity index (χ3v) is 5.67. The number of fused-ring (bicyclic) bond motifs is 2. The average molecular weight is 446 g/mol. The molecule has 2 aliphatic rings. The Morgan fingerprint density at radius 3 is 2.42 bits per heavy atom. The van der Waals surface area contributed by atoms with Crippen molar-refractivity contribution in [1.82, 2.24) is 14.1 Å². The molecule has 0 saturated carbocycles. The molecule has 2 aromatic carbocycles. The molecular weight excluding hydrogens is 418 g/mol. The van der Waals surface area contributed by atoms with E-state index in [1.807, 2.05) is 38.1 Å². The van der Waals surface area contributed by atoms with Crippen molar-refractivity contribution < 1.29 is 9.53 Å². The highest BCUT2D eigenvalue weighted by Gasteiger charge is 2.21. The zero-order chi connectivity index (χ0) is 23.4. The largest absolute Gasteiger partial charge is 0.462 e. The molecule has 33 heavy (non-hydrogen) atoms. The van der Waals surface area contributed by atoms with Gasteiger partial charge in [-0.1, -0.05) is 44.9 Å². The zero-order valence-corrected chi connectivity index (χ0v) is 18.9. The molecule has 0 radical (unpaired) electrons. The van der Waals surface area contributed by atoms with Crippen LogP contribution in [0, 0.1) is 0 Å². The fraction of sp³-hybridized carbons (Fsp3) is 0.308. The van der Waals surface area contributed by atoms with Gasteiger partial charge in [0.25, 0.3) is 5.56 Å². The van der Waals surface area contributed by atoms with Gasteiger partial charge in [-0.15, -0.1) is 0 Å². The van der Waals surface area contributed by atoms with Crippen LogP contribution >= 0.6 is 0 Å². The Morgan fingerprint density at radius 2 is 1.70 bits per heavy atom. The molecule has 0 aliphatic carbocycles. The van der Waals surface area contributed by atoms with Crippen molar-refractivity contribution in [2.75, 3.05) is 6.61 Å². The number of para-hydroxylation sites is 1. The number of esters is 1. The number of nitrogens with zero attached hydrogens (tertiary/aromatic N) is 3. The van der Waals surface area contributed by atoms with E-state index in [-0.39, 0.29) is 11.5 Å². The summed E-state index contributed by atoms with van der Waals surface area (Å²) in [6.07, 6.45) is 3.37. The smallest absolute Gasteiger partial charge is 0.352 e. The number of carbonyl (C=O) groups excluding carboxylic acids is 1. The molecule has 7 heteroatoms. The van der Waals surface area contributed by atoms with Crippen molar-refractivity contribution in [3.63, 3.8) is 0 Å². The predicted molar refractivity (Wildman–Crippen MR) is 128 cm³/mol. The topological polar surface area (TPSA) is 83.2 Å². The van der Waals surface area contributed by atoms with E-state index in [0.29, 0.717) is 35.8 Å². The number of aromatic nitrogens is 3. The molecule has 0 amide bonds. The first-order valence-electron chi connectivity index (χ1n) is 11.4. The van der Waals surface area contributed by atoms with Gasteiger partial charge in [-0.2, -0.15) is 4.98 Å². The number of carbonyl (C=O) groups is 1. The number of ether oxygens (including phenoxy) is 1. The maximum atomic E-state index is 13.2. The Labute approximate surface area is 191 Å². The van der Waals surface area contributed by atoms with E-state index < -0.39 is 5.69 Å². The van der Waals surface area contributed by atoms with Gasteiger partial charge in [-0.25, -0.2) is 9.59 Å². The minimum Gasteiger partial charge on any atom is -0.462 e. The molecule has 2 aliphatic heterocycles. The first-order chi connectivity index (χ1) is 16.0. The number of pyridine rings is 1. The van der Waals surface area contributed by atoms with Gasteiger partial charge in [-0.3, -0.25) is 13.9 Å². The lowest BCUT2D eigenvalue weighted by Crippen LogP contribution is -2.38. The second-order valence-corrected chi connectivity index (χ2v) is 8.02. The summed E-state index contributed by atoms with van der Waals surface area (Å²) in [7, 11) is 0. The lowest BCUT2D eigenvalue weighted by Gasteiger charge is -2.19. The van der Waals surface area contributed by atoms with Gasteiger partial charge in [0.05, 0.1) is 23.3 Å². The number of unbranched alkanes of at least 4 members (excludes halogenated alkanes) is 2. The van der Waals surface area contributed by atoms with E-state index in [9.17, 15) is 14.4 Å². The fourth-order valence-corrected chi connectivity index (χ4v) is 3.83. The van der Waals surface area contributed by atoms with Crippen molar-refractivity contribution in [3.05, 3.63) is 81.0 Å². The minimum atomic E-state index is -0.555. The van der Waals surface area contributed by atoms with Crippen molar-refractivity contribution >= 4 is 16.9 Å². The number of rotatable bonds is 8. The third-order valence-electron chi connectivity index (χ3n) is 5.67. The quantitative estimate of drug-likeness (QED) is 0.228. The second-order valence-electron chi connectivity index (χ2n) is 8.02. The summed E-state index contributed by atoms with van der Waals surface area (Å²) in [4.78, 5) is 42.5. The molecule has 170 valence electrons. The molecule has 0 unspecified atom stereocenters. The van der Waals surface area contributed by atoms with Crippen LogP contribution in [0.15, 0.2) is 64.2 Å². The number of hydrogen-bond acceptors (Lipinski definition) is 5. The van der Waals surface area contributed by atoms with Crippen molar-refractivity contribution in [1.29, 1.82) is 0 Å². The van der Waals surface area contributed by atoms with E-state index in [1.165, 1.54) is 4.57 Å². The van der Waals surface area contributed by atoms with Crippen molar-refractivity contribution in [2.45, 2.75) is 46.1 Å². The summed E-state index contributed by atoms with van der Waals surface area (Å²) in [5.74, 6) is -0.0729. The first-order valence-corrected chi connectivity index (χ1v) is 11.4. The molecule has 0 N–H and O–H groups in total. The van der Waals surface area contributed by atoms with Crippen LogP contribution in [0.5, 0.6) is 0 Å². The zero-order valence-electron chi connectivity index (χ0n) is 18.9. The summed E-state index contributed by atoms with van der Waals surface area (Å²) in [6.45, 7) is 4.78. The van der Waals surface area contributed by atoms with Crippen LogP contribution in [0.4, 0.5) is 0 Å². The Hall–Kier alpha value is -3.74. The van der Waals surface area contributed by atoms with Gasteiger partial charge in [-0.05, 0) is 54.6 Å². The molecule has 0 saturated heterocycles. The lowest BCUT2D eigenvalue weighted by molar-refractivity contribution is 0.0500. The van der Waals surface area contributed by atoms with Gasteiger partial charge in [0.15, 0.2) is 5.82 Å². The molecule has 0 spiro atoms. The van der Waals surface area contributed by atoms with E-state index >= 15 is 0 Å². The fourth-order valence-electron chi connectivity index (χ4n) is 3.83. The average Bonchev–Trinajstić information content (AvgIpc) is 2.83. The van der Waals surface area contributed by atoms with E-state index in [4.69, 9.17) is 4.74 Å². The van der Waals surface area contributed by atoms with E-state index in [1.54, 1.807) is 34.9 Å². The van der Waals surface area contributed by atoms with Crippen LogP contribution < -0.4 is 11.2 Å². The number of benzene rings is 2. The van der Waals surface area contributed by atoms with Crippen LogP contribution in [-0.4, -0.2) is 26.7 Å². The second kappa shape index (κ2) is 9.81. The highest BCUT2D eigenvalue weighted by atomic mass is 16.5. The predicted octanol–water partition coefficient (Wildman–Crippen LogP) is 4.41. The third kappa shape index (κ3) is 4.44. The summed E-state index contributed by atoms with van der Waals surface area (Å²) >= 11 is 0. The molecule has 0 aromatic heterocycles. The summed E-state index contributed by atoms with van der Waals surface area (Å²) in [6, 6.07) is 16.3. The minimum absolute atomic E-state index is 0.301. The standard InChI is InChI=1S/C26H27N3O4/c1-3-5-15-28-24(30)21-17-19-9-7-8-10-22(19)29(23(21)27-26(28)32)20-13-11-18(12-14-20)25(31)33-16-6-4-2/h7-14,17H,3-6,15-16H2,1-2H3.